The SMILES string of the molecule is COCCCOC(O)(OCOC(COC)OCCOC)OC(C)(OCCOC)C(C)OC. The van der Waals surface area contributed by atoms with Crippen molar-refractivity contribution in [2.24, 2.45) is 0 Å². The predicted octanol–water partition coefficient (Wildman–Crippen LogP) is 0.700. The van der Waals surface area contributed by atoms with Gasteiger partial charge in [-0.1, -0.05) is 0 Å². The molecule has 0 fully saturated rings. The number of hydrogen-bond donors (Lipinski definition) is 1. The average Bonchev–Trinajstić information content (AvgIpc) is 2.76. The Bertz CT molecular complexity index is 429. The standard InChI is InChI=1S/C20H42O12/c1-17(26-7)19(2,29-14-12-24-5)32-20(21,30-10-8-9-22-3)31-16-28-18(15-25-6)27-13-11-23-4/h17-18,21H,8-16H2,1-7H3. The Labute approximate surface area is 191 Å². The summed E-state index contributed by atoms with van der Waals surface area (Å²) in [6.07, 6.45) is -3.38. The summed E-state index contributed by atoms with van der Waals surface area (Å²) >= 11 is 0. The van der Waals surface area contributed by atoms with Gasteiger partial charge in [0.15, 0.2) is 18.9 Å². The molecule has 0 aromatic heterocycles. The molecule has 0 saturated carbocycles. The highest BCUT2D eigenvalue weighted by molar-refractivity contribution is 4.73. The molecular weight excluding hydrogens is 432 g/mol. The van der Waals surface area contributed by atoms with Gasteiger partial charge in [-0.25, -0.2) is 0 Å². The molecule has 32 heavy (non-hydrogen) atoms. The molecule has 0 spiro atoms. The summed E-state index contributed by atoms with van der Waals surface area (Å²) in [5, 5.41) is 11.0. The summed E-state index contributed by atoms with van der Waals surface area (Å²) < 4.78 is 58.7. The lowest BCUT2D eigenvalue weighted by Gasteiger charge is -2.40. The maximum absolute atomic E-state index is 11.0. The van der Waals surface area contributed by atoms with E-state index in [9.17, 15) is 5.11 Å². The highest BCUT2D eigenvalue weighted by atomic mass is 17.0. The second-order valence-electron chi connectivity index (χ2n) is 6.73. The van der Waals surface area contributed by atoms with E-state index in [4.69, 9.17) is 52.1 Å². The van der Waals surface area contributed by atoms with Crippen LogP contribution in [0.1, 0.15) is 20.3 Å². The van der Waals surface area contributed by atoms with Gasteiger partial charge < -0.3 is 47.7 Å². The van der Waals surface area contributed by atoms with Crippen LogP contribution in [0, 0.1) is 0 Å². The third-order valence-electron chi connectivity index (χ3n) is 4.27. The predicted molar refractivity (Wildman–Crippen MR) is 112 cm³/mol. The van der Waals surface area contributed by atoms with Gasteiger partial charge in [0, 0.05) is 42.2 Å². The monoisotopic (exact) mass is 474 g/mol. The van der Waals surface area contributed by atoms with Gasteiger partial charge in [-0.2, -0.15) is 0 Å². The van der Waals surface area contributed by atoms with Gasteiger partial charge in [-0.05, 0) is 20.3 Å². The van der Waals surface area contributed by atoms with Gasteiger partial charge in [0.1, 0.15) is 6.10 Å². The fraction of sp³-hybridized carbons (Fsp3) is 1.00. The van der Waals surface area contributed by atoms with Crippen LogP contribution in [0.15, 0.2) is 0 Å². The minimum Gasteiger partial charge on any atom is -0.385 e. The van der Waals surface area contributed by atoms with Crippen molar-refractivity contribution in [2.45, 2.75) is 44.6 Å². The first-order valence-corrected chi connectivity index (χ1v) is 10.4. The summed E-state index contributed by atoms with van der Waals surface area (Å²) in [6, 6.07) is 0. The number of rotatable bonds is 23. The van der Waals surface area contributed by atoms with E-state index in [1.807, 2.05) is 0 Å². The highest BCUT2D eigenvalue weighted by Gasteiger charge is 2.45. The Morgan fingerprint density at radius 3 is 1.97 bits per heavy atom. The zero-order valence-corrected chi connectivity index (χ0v) is 20.5. The highest BCUT2D eigenvalue weighted by Crippen LogP contribution is 2.28. The molecule has 4 atom stereocenters. The lowest BCUT2D eigenvalue weighted by atomic mass is 10.2. The van der Waals surface area contributed by atoms with Gasteiger partial charge in [0.25, 0.3) is 0 Å². The van der Waals surface area contributed by atoms with Crippen LogP contribution in [-0.2, 0) is 52.1 Å². The second-order valence-corrected chi connectivity index (χ2v) is 6.73. The van der Waals surface area contributed by atoms with Crippen LogP contribution in [0.2, 0.25) is 0 Å². The molecule has 12 nitrogen and oxygen atoms in total. The maximum atomic E-state index is 11.0. The van der Waals surface area contributed by atoms with Crippen LogP contribution in [0.5, 0.6) is 0 Å². The average molecular weight is 475 g/mol. The largest absolute Gasteiger partial charge is 0.414 e. The van der Waals surface area contributed by atoms with E-state index in [0.717, 1.165) is 0 Å². The minimum atomic E-state index is -2.51. The van der Waals surface area contributed by atoms with Crippen LogP contribution in [0.25, 0.3) is 0 Å². The van der Waals surface area contributed by atoms with E-state index in [1.165, 1.54) is 14.2 Å². The van der Waals surface area contributed by atoms with E-state index in [0.29, 0.717) is 26.2 Å². The van der Waals surface area contributed by atoms with E-state index >= 15 is 0 Å². The molecule has 0 amide bonds. The third-order valence-corrected chi connectivity index (χ3v) is 4.27. The number of hydrogen-bond acceptors (Lipinski definition) is 12. The molecule has 12 heteroatoms. The zero-order chi connectivity index (χ0) is 24.3. The second kappa shape index (κ2) is 18.9. The molecule has 0 heterocycles. The number of methoxy groups -OCH3 is 5. The maximum Gasteiger partial charge on any atom is 0.414 e. The molecule has 0 aliphatic rings. The Kier molecular flexibility index (Phi) is 18.6. The normalized spacial score (nSPS) is 17.6. The van der Waals surface area contributed by atoms with Crippen molar-refractivity contribution in [2.75, 3.05) is 88.6 Å². The van der Waals surface area contributed by atoms with E-state index < -0.39 is 31.1 Å². The van der Waals surface area contributed by atoms with E-state index in [2.05, 4.69) is 0 Å². The van der Waals surface area contributed by atoms with Gasteiger partial charge in [-0.3, -0.25) is 9.47 Å². The van der Waals surface area contributed by atoms with E-state index in [-0.39, 0.29) is 26.4 Å². The van der Waals surface area contributed by atoms with Gasteiger partial charge in [-0.15, -0.1) is 0 Å². The van der Waals surface area contributed by atoms with Crippen molar-refractivity contribution >= 4 is 0 Å². The van der Waals surface area contributed by atoms with Crippen molar-refractivity contribution in [3.8, 4) is 0 Å². The molecule has 0 aromatic rings. The van der Waals surface area contributed by atoms with Crippen LogP contribution in [0.4, 0.5) is 0 Å². The van der Waals surface area contributed by atoms with Crippen LogP contribution in [-0.4, -0.2) is 118 Å². The van der Waals surface area contributed by atoms with Gasteiger partial charge in [0.05, 0.1) is 39.6 Å². The summed E-state index contributed by atoms with van der Waals surface area (Å²) in [6.45, 7) is 4.67. The van der Waals surface area contributed by atoms with Crippen molar-refractivity contribution in [3.05, 3.63) is 0 Å². The van der Waals surface area contributed by atoms with Crippen molar-refractivity contribution in [1.82, 2.24) is 0 Å². The topological polar surface area (TPSA) is 122 Å². The molecule has 0 aromatic carbocycles. The lowest BCUT2D eigenvalue weighted by molar-refractivity contribution is -0.544. The summed E-state index contributed by atoms with van der Waals surface area (Å²) in [5.41, 5.74) is 0. The van der Waals surface area contributed by atoms with Crippen LogP contribution < -0.4 is 0 Å². The molecule has 0 rings (SSSR count). The fourth-order valence-electron chi connectivity index (χ4n) is 2.26. The lowest BCUT2D eigenvalue weighted by Crippen LogP contribution is -2.54. The Hall–Kier alpha value is -0.480. The van der Waals surface area contributed by atoms with Crippen molar-refractivity contribution in [3.63, 3.8) is 0 Å². The van der Waals surface area contributed by atoms with Gasteiger partial charge >= 0.3 is 6.16 Å². The summed E-state index contributed by atoms with van der Waals surface area (Å²) in [4.78, 5) is 0. The minimum absolute atomic E-state index is 0.0751. The Morgan fingerprint density at radius 1 is 0.719 bits per heavy atom. The molecule has 4 unspecified atom stereocenters. The van der Waals surface area contributed by atoms with Gasteiger partial charge in [0.2, 0.25) is 0 Å². The Morgan fingerprint density at radius 2 is 1.38 bits per heavy atom. The molecule has 0 aliphatic heterocycles. The first-order valence-electron chi connectivity index (χ1n) is 10.4. The fourth-order valence-corrected chi connectivity index (χ4v) is 2.26. The van der Waals surface area contributed by atoms with E-state index in [1.54, 1.807) is 35.2 Å². The quantitative estimate of drug-likeness (QED) is 0.166. The number of aliphatic hydroxyl groups is 1. The molecule has 1 N–H and O–H groups in total. The van der Waals surface area contributed by atoms with Crippen LogP contribution >= 0.6 is 0 Å². The van der Waals surface area contributed by atoms with Crippen molar-refractivity contribution < 1.29 is 57.2 Å². The smallest absolute Gasteiger partial charge is 0.385 e. The molecular formula is C20H42O12. The zero-order valence-electron chi connectivity index (χ0n) is 20.5. The Balaban J connectivity index is 5.17. The third kappa shape index (κ3) is 13.9. The summed E-state index contributed by atoms with van der Waals surface area (Å²) in [5.74, 6) is -1.44. The van der Waals surface area contributed by atoms with Crippen LogP contribution in [0.3, 0.4) is 0 Å². The van der Waals surface area contributed by atoms with Crippen molar-refractivity contribution in [1.29, 1.82) is 0 Å². The molecule has 0 aliphatic carbocycles. The number of ether oxygens (including phenoxy) is 11. The molecule has 0 saturated heterocycles. The first-order chi connectivity index (χ1) is 15.3. The first kappa shape index (κ1) is 31.5. The molecule has 0 bridgehead atoms. The summed E-state index contributed by atoms with van der Waals surface area (Å²) in [7, 11) is 7.66. The molecule has 194 valence electrons. The molecule has 0 radical (unpaired) electrons.